The average Bonchev–Trinajstić information content (AvgIpc) is 2.57. The van der Waals surface area contributed by atoms with E-state index in [0.29, 0.717) is 36.8 Å². The van der Waals surface area contributed by atoms with Gasteiger partial charge in [0.2, 0.25) is 0 Å². The van der Waals surface area contributed by atoms with Crippen LogP contribution in [0.15, 0.2) is 41.3 Å². The average molecular weight is 380 g/mol. The first-order chi connectivity index (χ1) is 12.3. The fourth-order valence-electron chi connectivity index (χ4n) is 3.56. The minimum atomic E-state index is -3.45. The van der Waals surface area contributed by atoms with E-state index in [1.807, 2.05) is 0 Å². The predicted octanol–water partition coefficient (Wildman–Crippen LogP) is 4.27. The third kappa shape index (κ3) is 4.13. The summed E-state index contributed by atoms with van der Waals surface area (Å²) in [5, 5.41) is 9.55. The van der Waals surface area contributed by atoms with E-state index in [4.69, 9.17) is 0 Å². The fraction of sp³-hybridized carbons (Fsp3) is 0.400. The number of aryl methyl sites for hydroxylation is 1. The van der Waals surface area contributed by atoms with Gasteiger partial charge in [-0.05, 0) is 73.9 Å². The third-order valence-corrected chi connectivity index (χ3v) is 6.93. The molecule has 0 saturated heterocycles. The van der Waals surface area contributed by atoms with Crippen LogP contribution in [0.1, 0.15) is 31.2 Å². The van der Waals surface area contributed by atoms with Crippen LogP contribution in [0.2, 0.25) is 0 Å². The zero-order chi connectivity index (χ0) is 18.9. The molecule has 2 aromatic rings. The SMILES string of the molecule is Cc1cc(S(=O)(=O)CC2CCC(O)CC2)ccc1-c1ccc(F)cc1F. The zero-order valence-corrected chi connectivity index (χ0v) is 15.4. The Morgan fingerprint density at radius 3 is 2.27 bits per heavy atom. The maximum absolute atomic E-state index is 14.0. The summed E-state index contributed by atoms with van der Waals surface area (Å²) in [6.45, 7) is 1.72. The normalized spacial score (nSPS) is 20.9. The van der Waals surface area contributed by atoms with E-state index >= 15 is 0 Å². The molecule has 3 rings (SSSR count). The summed E-state index contributed by atoms with van der Waals surface area (Å²) >= 11 is 0. The molecule has 0 bridgehead atoms. The molecule has 1 fully saturated rings. The molecule has 3 nitrogen and oxygen atoms in total. The fourth-order valence-corrected chi connectivity index (χ4v) is 5.34. The van der Waals surface area contributed by atoms with Crippen molar-refractivity contribution in [2.45, 2.75) is 43.6 Å². The van der Waals surface area contributed by atoms with Crippen LogP contribution in [-0.4, -0.2) is 25.4 Å². The smallest absolute Gasteiger partial charge is 0.178 e. The first kappa shape index (κ1) is 19.0. The molecule has 0 unspecified atom stereocenters. The van der Waals surface area contributed by atoms with Gasteiger partial charge in [0.25, 0.3) is 0 Å². The van der Waals surface area contributed by atoms with Crippen molar-refractivity contribution >= 4 is 9.84 Å². The van der Waals surface area contributed by atoms with Gasteiger partial charge in [0.05, 0.1) is 16.8 Å². The first-order valence-electron chi connectivity index (χ1n) is 8.73. The number of sulfone groups is 1. The summed E-state index contributed by atoms with van der Waals surface area (Å²) in [5.74, 6) is -1.22. The molecule has 0 spiro atoms. The molecule has 140 valence electrons. The number of hydrogen-bond donors (Lipinski definition) is 1. The van der Waals surface area contributed by atoms with Crippen LogP contribution in [0.5, 0.6) is 0 Å². The van der Waals surface area contributed by atoms with Gasteiger partial charge in [0.15, 0.2) is 9.84 Å². The molecule has 0 aliphatic heterocycles. The Balaban J connectivity index is 1.84. The topological polar surface area (TPSA) is 54.4 Å². The van der Waals surface area contributed by atoms with Crippen LogP contribution in [-0.2, 0) is 9.84 Å². The Bertz CT molecular complexity index is 901. The van der Waals surface area contributed by atoms with Crippen LogP contribution in [0.4, 0.5) is 8.78 Å². The van der Waals surface area contributed by atoms with Gasteiger partial charge in [-0.3, -0.25) is 0 Å². The van der Waals surface area contributed by atoms with Crippen molar-refractivity contribution < 1.29 is 22.3 Å². The van der Waals surface area contributed by atoms with Crippen molar-refractivity contribution in [1.29, 1.82) is 0 Å². The molecular weight excluding hydrogens is 358 g/mol. The highest BCUT2D eigenvalue weighted by Gasteiger charge is 2.26. The quantitative estimate of drug-likeness (QED) is 0.862. The molecule has 6 heteroatoms. The van der Waals surface area contributed by atoms with Gasteiger partial charge < -0.3 is 5.11 Å². The van der Waals surface area contributed by atoms with Gasteiger partial charge in [0.1, 0.15) is 11.6 Å². The van der Waals surface area contributed by atoms with Crippen LogP contribution >= 0.6 is 0 Å². The molecule has 2 aromatic carbocycles. The lowest BCUT2D eigenvalue weighted by Crippen LogP contribution is -2.24. The molecule has 0 aromatic heterocycles. The van der Waals surface area contributed by atoms with E-state index in [2.05, 4.69) is 0 Å². The van der Waals surface area contributed by atoms with Crippen LogP contribution < -0.4 is 0 Å². The summed E-state index contributed by atoms with van der Waals surface area (Å²) in [6, 6.07) is 7.96. The molecule has 1 aliphatic rings. The van der Waals surface area contributed by atoms with E-state index in [1.54, 1.807) is 19.1 Å². The lowest BCUT2D eigenvalue weighted by atomic mass is 9.89. The highest BCUT2D eigenvalue weighted by molar-refractivity contribution is 7.91. The van der Waals surface area contributed by atoms with E-state index < -0.39 is 21.5 Å². The Hall–Kier alpha value is -1.79. The monoisotopic (exact) mass is 380 g/mol. The van der Waals surface area contributed by atoms with Crippen LogP contribution in [0.3, 0.4) is 0 Å². The van der Waals surface area contributed by atoms with Crippen LogP contribution in [0.25, 0.3) is 11.1 Å². The molecule has 26 heavy (non-hydrogen) atoms. The number of aliphatic hydroxyl groups is 1. The lowest BCUT2D eigenvalue weighted by Gasteiger charge is -2.25. The molecule has 0 atom stereocenters. The van der Waals surface area contributed by atoms with Gasteiger partial charge in [0, 0.05) is 11.6 Å². The number of aliphatic hydroxyl groups excluding tert-OH is 1. The zero-order valence-electron chi connectivity index (χ0n) is 14.6. The Kier molecular flexibility index (Phi) is 5.44. The largest absolute Gasteiger partial charge is 0.393 e. The maximum atomic E-state index is 14.0. The van der Waals surface area contributed by atoms with Crippen molar-refractivity contribution in [1.82, 2.24) is 0 Å². The Labute approximate surface area is 152 Å². The number of benzene rings is 2. The minimum absolute atomic E-state index is 0.0536. The van der Waals surface area contributed by atoms with Gasteiger partial charge in [-0.2, -0.15) is 0 Å². The summed E-state index contributed by atoms with van der Waals surface area (Å²) in [4.78, 5) is 0.215. The second-order valence-electron chi connectivity index (χ2n) is 7.06. The number of rotatable bonds is 4. The van der Waals surface area contributed by atoms with Crippen molar-refractivity contribution in [3.8, 4) is 11.1 Å². The Morgan fingerprint density at radius 1 is 1.00 bits per heavy atom. The highest BCUT2D eigenvalue weighted by atomic mass is 32.2. The van der Waals surface area contributed by atoms with E-state index in [1.165, 1.54) is 18.2 Å². The van der Waals surface area contributed by atoms with Gasteiger partial charge in [-0.1, -0.05) is 6.07 Å². The molecular formula is C20H22F2O3S. The van der Waals surface area contributed by atoms with Crippen LogP contribution in [0, 0.1) is 24.5 Å². The predicted molar refractivity (Wildman–Crippen MR) is 96.5 cm³/mol. The van der Waals surface area contributed by atoms with Gasteiger partial charge in [-0.25, -0.2) is 17.2 Å². The first-order valence-corrected chi connectivity index (χ1v) is 10.4. The van der Waals surface area contributed by atoms with E-state index in [9.17, 15) is 22.3 Å². The van der Waals surface area contributed by atoms with E-state index in [0.717, 1.165) is 6.07 Å². The van der Waals surface area contributed by atoms with E-state index in [-0.39, 0.29) is 28.2 Å². The number of hydrogen-bond acceptors (Lipinski definition) is 3. The van der Waals surface area contributed by atoms with Gasteiger partial charge >= 0.3 is 0 Å². The molecule has 0 heterocycles. The second-order valence-corrected chi connectivity index (χ2v) is 9.09. The summed E-state index contributed by atoms with van der Waals surface area (Å²) in [6.07, 6.45) is 2.38. The van der Waals surface area contributed by atoms with Crippen molar-refractivity contribution in [3.05, 3.63) is 53.6 Å². The minimum Gasteiger partial charge on any atom is -0.393 e. The standard InChI is InChI=1S/C20H22F2O3S/c1-13-10-17(26(24,25)12-14-2-5-16(23)6-3-14)7-9-18(13)19-8-4-15(21)11-20(19)22/h4,7-11,14,16,23H,2-3,5-6,12H2,1H3. The second kappa shape index (κ2) is 7.45. The molecule has 0 radical (unpaired) electrons. The lowest BCUT2D eigenvalue weighted by molar-refractivity contribution is 0.113. The highest BCUT2D eigenvalue weighted by Crippen LogP contribution is 2.31. The molecule has 0 amide bonds. The molecule has 1 N–H and O–H groups in total. The summed E-state index contributed by atoms with van der Waals surface area (Å²) < 4.78 is 52.5. The third-order valence-electron chi connectivity index (χ3n) is 5.05. The van der Waals surface area contributed by atoms with Crippen molar-refractivity contribution in [3.63, 3.8) is 0 Å². The molecule has 1 aliphatic carbocycles. The van der Waals surface area contributed by atoms with Crippen molar-refractivity contribution in [2.24, 2.45) is 5.92 Å². The van der Waals surface area contributed by atoms with Crippen molar-refractivity contribution in [2.75, 3.05) is 5.75 Å². The Morgan fingerprint density at radius 2 is 1.65 bits per heavy atom. The van der Waals surface area contributed by atoms with Gasteiger partial charge in [-0.15, -0.1) is 0 Å². The summed E-state index contributed by atoms with van der Waals surface area (Å²) in [5.41, 5.74) is 1.41. The molecule has 1 saturated carbocycles. The number of halogens is 2. The maximum Gasteiger partial charge on any atom is 0.178 e. The summed E-state index contributed by atoms with van der Waals surface area (Å²) in [7, 11) is -3.45.